The summed E-state index contributed by atoms with van der Waals surface area (Å²) in [5.74, 6) is 1.46. The molecule has 1 amide bonds. The van der Waals surface area contributed by atoms with Crippen LogP contribution in [0, 0.1) is 6.92 Å². The number of nitrogens with zero attached hydrogens (tertiary/aromatic N) is 3. The molecule has 0 bridgehead atoms. The molecule has 2 heterocycles. The van der Waals surface area contributed by atoms with Crippen LogP contribution < -0.4 is 10.1 Å². The largest absolute Gasteiger partial charge is 0.496 e. The Morgan fingerprint density at radius 1 is 1.38 bits per heavy atom. The maximum atomic E-state index is 12.8. The molecule has 0 aliphatic carbocycles. The third-order valence-corrected chi connectivity index (χ3v) is 4.47. The van der Waals surface area contributed by atoms with Gasteiger partial charge in [-0.3, -0.25) is 9.78 Å². The molecule has 0 saturated carbocycles. The van der Waals surface area contributed by atoms with E-state index >= 15 is 0 Å². The zero-order chi connectivity index (χ0) is 18.5. The third kappa shape index (κ3) is 3.94. The quantitative estimate of drug-likeness (QED) is 0.883. The summed E-state index contributed by atoms with van der Waals surface area (Å²) in [5, 5.41) is 3.02. The Morgan fingerprint density at radius 2 is 2.19 bits per heavy atom. The van der Waals surface area contributed by atoms with Crippen molar-refractivity contribution in [3.8, 4) is 5.75 Å². The van der Waals surface area contributed by atoms with Crippen molar-refractivity contribution < 1.29 is 14.3 Å². The van der Waals surface area contributed by atoms with Crippen LogP contribution >= 0.6 is 0 Å². The highest BCUT2D eigenvalue weighted by Crippen LogP contribution is 2.26. The number of aromatic nitrogens is 2. The van der Waals surface area contributed by atoms with Gasteiger partial charge in [0.1, 0.15) is 23.4 Å². The Balaban J connectivity index is 1.73. The summed E-state index contributed by atoms with van der Waals surface area (Å²) in [5.41, 5.74) is 2.73. The van der Waals surface area contributed by atoms with Gasteiger partial charge in [-0.15, -0.1) is 0 Å². The second-order valence-electron chi connectivity index (χ2n) is 6.23. The van der Waals surface area contributed by atoms with E-state index in [9.17, 15) is 4.79 Å². The van der Waals surface area contributed by atoms with Crippen LogP contribution in [0.3, 0.4) is 0 Å². The van der Waals surface area contributed by atoms with Gasteiger partial charge in [0.05, 0.1) is 26.7 Å². The number of hydrogen-bond acceptors (Lipinski definition) is 6. The monoisotopic (exact) mass is 356 g/mol. The molecule has 0 radical (unpaired) electrons. The molecule has 1 fully saturated rings. The van der Waals surface area contributed by atoms with Crippen LogP contribution in [0.1, 0.15) is 22.9 Å². The molecule has 1 aliphatic rings. The van der Waals surface area contributed by atoms with Crippen LogP contribution in [0.4, 0.5) is 5.82 Å². The van der Waals surface area contributed by atoms with Gasteiger partial charge >= 0.3 is 0 Å². The number of hydrogen-bond donors (Lipinski definition) is 1. The lowest BCUT2D eigenvalue weighted by atomic mass is 10.1. The highest BCUT2D eigenvalue weighted by Gasteiger charge is 2.28. The predicted octanol–water partition coefficient (Wildman–Crippen LogP) is 1.98. The normalized spacial score (nSPS) is 17.0. The fraction of sp³-hybridized carbons (Fsp3) is 0.421. The van der Waals surface area contributed by atoms with Crippen molar-refractivity contribution in [1.29, 1.82) is 0 Å². The summed E-state index contributed by atoms with van der Waals surface area (Å²) in [6.07, 6.45) is 3.28. The molecule has 138 valence electrons. The van der Waals surface area contributed by atoms with Crippen LogP contribution in [-0.2, 0) is 16.0 Å². The Kier molecular flexibility index (Phi) is 5.68. The molecule has 7 nitrogen and oxygen atoms in total. The fourth-order valence-corrected chi connectivity index (χ4v) is 3.14. The molecule has 1 aromatic carbocycles. The van der Waals surface area contributed by atoms with Gasteiger partial charge in [0.25, 0.3) is 0 Å². The van der Waals surface area contributed by atoms with Crippen LogP contribution in [0.2, 0.25) is 0 Å². The molecular formula is C19H24N4O3. The molecular weight excluding hydrogens is 332 g/mol. The number of ether oxygens (including phenoxy) is 2. The van der Waals surface area contributed by atoms with Gasteiger partial charge in [-0.05, 0) is 13.0 Å². The molecule has 1 saturated heterocycles. The number of carbonyl (C=O) groups is 1. The zero-order valence-electron chi connectivity index (χ0n) is 15.4. The first-order valence-electron chi connectivity index (χ1n) is 8.64. The summed E-state index contributed by atoms with van der Waals surface area (Å²) < 4.78 is 11.2. The SMILES string of the molecule is CNc1nccnc1[C@@H]1CN(C(=O)Cc2cc(C)ccc2OC)CCO1. The first kappa shape index (κ1) is 18.1. The molecule has 3 rings (SSSR count). The van der Waals surface area contributed by atoms with Gasteiger partial charge in [0, 0.05) is 31.5 Å². The molecule has 0 unspecified atom stereocenters. The van der Waals surface area contributed by atoms with E-state index in [0.29, 0.717) is 31.9 Å². The molecule has 1 aliphatic heterocycles. The van der Waals surface area contributed by atoms with Crippen molar-refractivity contribution in [1.82, 2.24) is 14.9 Å². The van der Waals surface area contributed by atoms with E-state index in [4.69, 9.17) is 9.47 Å². The fourth-order valence-electron chi connectivity index (χ4n) is 3.14. The number of nitrogens with one attached hydrogen (secondary N) is 1. The van der Waals surface area contributed by atoms with Crippen molar-refractivity contribution in [3.63, 3.8) is 0 Å². The maximum absolute atomic E-state index is 12.8. The Bertz CT molecular complexity index is 781. The van der Waals surface area contributed by atoms with Crippen LogP contribution in [0.15, 0.2) is 30.6 Å². The number of rotatable bonds is 5. The lowest BCUT2D eigenvalue weighted by Crippen LogP contribution is -2.43. The highest BCUT2D eigenvalue weighted by atomic mass is 16.5. The van der Waals surface area contributed by atoms with Gasteiger partial charge in [0.15, 0.2) is 0 Å². The van der Waals surface area contributed by atoms with E-state index in [1.165, 1.54) is 0 Å². The van der Waals surface area contributed by atoms with E-state index < -0.39 is 0 Å². The van der Waals surface area contributed by atoms with Gasteiger partial charge < -0.3 is 19.7 Å². The number of methoxy groups -OCH3 is 1. The number of amides is 1. The molecule has 2 aromatic rings. The number of carbonyl (C=O) groups excluding carboxylic acids is 1. The van der Waals surface area contributed by atoms with E-state index in [2.05, 4.69) is 15.3 Å². The number of morpholine rings is 1. The van der Waals surface area contributed by atoms with Gasteiger partial charge in [0.2, 0.25) is 5.91 Å². The summed E-state index contributed by atoms with van der Waals surface area (Å²) in [7, 11) is 3.42. The molecule has 7 heteroatoms. The first-order valence-corrected chi connectivity index (χ1v) is 8.64. The van der Waals surface area contributed by atoms with Gasteiger partial charge in [-0.2, -0.15) is 0 Å². The van der Waals surface area contributed by atoms with Crippen LogP contribution in [0.5, 0.6) is 5.75 Å². The number of benzene rings is 1. The number of anilines is 1. The maximum Gasteiger partial charge on any atom is 0.227 e. The second-order valence-corrected chi connectivity index (χ2v) is 6.23. The Hall–Kier alpha value is -2.67. The predicted molar refractivity (Wildman–Crippen MR) is 98.3 cm³/mol. The zero-order valence-corrected chi connectivity index (χ0v) is 15.4. The molecule has 0 spiro atoms. The first-order chi connectivity index (χ1) is 12.6. The van der Waals surface area contributed by atoms with Crippen LogP contribution in [-0.4, -0.2) is 54.6 Å². The van der Waals surface area contributed by atoms with E-state index in [1.807, 2.05) is 30.0 Å². The van der Waals surface area contributed by atoms with Crippen molar-refractivity contribution in [3.05, 3.63) is 47.4 Å². The van der Waals surface area contributed by atoms with Gasteiger partial charge in [-0.25, -0.2) is 4.98 Å². The minimum atomic E-state index is -0.289. The standard InChI is InChI=1S/C19H24N4O3/c1-13-4-5-15(25-3)14(10-13)11-17(24)23-8-9-26-16(12-23)18-19(20-2)22-7-6-21-18/h4-7,10,16H,8-9,11-12H2,1-3H3,(H,20,22)/t16-/m0/s1. The van der Waals surface area contributed by atoms with E-state index in [1.54, 1.807) is 26.6 Å². The minimum absolute atomic E-state index is 0.0529. The van der Waals surface area contributed by atoms with E-state index in [-0.39, 0.29) is 12.0 Å². The summed E-state index contributed by atoms with van der Waals surface area (Å²) in [6.45, 7) is 3.51. The highest BCUT2D eigenvalue weighted by molar-refractivity contribution is 5.79. The van der Waals surface area contributed by atoms with Crippen LogP contribution in [0.25, 0.3) is 0 Å². The molecule has 1 N–H and O–H groups in total. The minimum Gasteiger partial charge on any atom is -0.496 e. The van der Waals surface area contributed by atoms with Crippen molar-refractivity contribution in [2.75, 3.05) is 39.2 Å². The Morgan fingerprint density at radius 3 is 2.96 bits per heavy atom. The molecule has 26 heavy (non-hydrogen) atoms. The lowest BCUT2D eigenvalue weighted by molar-refractivity contribution is -0.138. The molecule has 1 atom stereocenters. The van der Waals surface area contributed by atoms with Crippen molar-refractivity contribution in [2.45, 2.75) is 19.4 Å². The smallest absolute Gasteiger partial charge is 0.227 e. The summed E-state index contributed by atoms with van der Waals surface area (Å²) in [6, 6.07) is 5.88. The van der Waals surface area contributed by atoms with Crippen molar-refractivity contribution in [2.24, 2.45) is 0 Å². The molecule has 1 aromatic heterocycles. The van der Waals surface area contributed by atoms with E-state index in [0.717, 1.165) is 22.6 Å². The lowest BCUT2D eigenvalue weighted by Gasteiger charge is -2.33. The Labute approximate surface area is 153 Å². The number of aryl methyl sites for hydroxylation is 1. The average Bonchev–Trinajstić information content (AvgIpc) is 2.68. The summed E-state index contributed by atoms with van der Waals surface area (Å²) in [4.78, 5) is 23.3. The third-order valence-electron chi connectivity index (χ3n) is 4.47. The average molecular weight is 356 g/mol. The van der Waals surface area contributed by atoms with Gasteiger partial charge in [-0.1, -0.05) is 17.7 Å². The topological polar surface area (TPSA) is 76.6 Å². The summed E-state index contributed by atoms with van der Waals surface area (Å²) >= 11 is 0. The van der Waals surface area contributed by atoms with Crippen molar-refractivity contribution >= 4 is 11.7 Å². The second kappa shape index (κ2) is 8.14.